The minimum absolute atomic E-state index is 0.155. The number of aliphatic hydroxyl groups excluding tert-OH is 1. The van der Waals surface area contributed by atoms with Gasteiger partial charge < -0.3 is 20.4 Å². The van der Waals surface area contributed by atoms with Crippen LogP contribution in [0, 0.1) is 15.9 Å². The van der Waals surface area contributed by atoms with E-state index in [0.717, 1.165) is 41.2 Å². The maximum atomic E-state index is 14.5. The zero-order chi connectivity index (χ0) is 31.1. The average Bonchev–Trinajstić information content (AvgIpc) is 3.22. The number of hydrogen-bond donors (Lipinski definition) is 3. The van der Waals surface area contributed by atoms with Crippen molar-refractivity contribution in [2.45, 2.75) is 51.8 Å². The number of fused-ring (bicyclic) bond motifs is 5. The number of amides is 1. The van der Waals surface area contributed by atoms with Gasteiger partial charge in [0.2, 0.25) is 0 Å². The van der Waals surface area contributed by atoms with E-state index in [1.165, 1.54) is 26.8 Å². The van der Waals surface area contributed by atoms with Crippen LogP contribution in [-0.2, 0) is 35.6 Å². The zero-order valence-electron chi connectivity index (χ0n) is 25.3. The second-order valence-electron chi connectivity index (χ2n) is 12.4. The molecule has 3 aliphatic rings. The molecule has 0 bridgehead atoms. The maximum absolute atomic E-state index is 14.5. The Balaban J connectivity index is 1.42. The Labute approximate surface area is 262 Å². The first kappa shape index (κ1) is 28.8. The highest BCUT2D eigenvalue weighted by molar-refractivity contribution is 6.00. The van der Waals surface area contributed by atoms with E-state index in [9.17, 15) is 19.8 Å². The fourth-order valence-corrected chi connectivity index (χ4v) is 7.32. The molecule has 2 unspecified atom stereocenters. The maximum Gasteiger partial charge on any atom is 0.316 e. The molecule has 4 aromatic carbocycles. The minimum atomic E-state index is -1.55. The predicted octanol–water partition coefficient (Wildman–Crippen LogP) is 4.87. The molecular weight excluding hydrogens is 560 g/mol. The molecule has 1 aliphatic heterocycles. The van der Waals surface area contributed by atoms with Gasteiger partial charge in [0.05, 0.1) is 13.2 Å². The van der Waals surface area contributed by atoms with E-state index in [1.54, 1.807) is 18.0 Å². The molecule has 4 aromatic rings. The molecule has 0 aromatic heterocycles. The van der Waals surface area contributed by atoms with Gasteiger partial charge in [-0.05, 0) is 99.0 Å². The molecule has 0 spiro atoms. The van der Waals surface area contributed by atoms with Crippen molar-refractivity contribution >= 4 is 35.3 Å². The Morgan fingerprint density at radius 1 is 0.956 bits per heavy atom. The molecule has 2 atom stereocenters. The first-order chi connectivity index (χ1) is 21.9. The Bertz CT molecular complexity index is 2090. The van der Waals surface area contributed by atoms with Crippen LogP contribution in [0.25, 0.3) is 17.7 Å². The lowest BCUT2D eigenvalue weighted by Gasteiger charge is -2.38. The lowest BCUT2D eigenvalue weighted by Crippen LogP contribution is -2.54. The van der Waals surface area contributed by atoms with Gasteiger partial charge >= 0.3 is 5.97 Å². The number of carboxylic acids is 1. The van der Waals surface area contributed by atoms with Crippen molar-refractivity contribution in [1.82, 2.24) is 4.90 Å². The molecule has 0 saturated heterocycles. The first-order valence-electron chi connectivity index (χ1n) is 15.6. The lowest BCUT2D eigenvalue weighted by atomic mass is 9.69. The van der Waals surface area contributed by atoms with E-state index in [1.807, 2.05) is 54.6 Å². The summed E-state index contributed by atoms with van der Waals surface area (Å²) >= 11 is 0. The summed E-state index contributed by atoms with van der Waals surface area (Å²) in [5.74, 6) is -1.35. The third-order valence-electron chi connectivity index (χ3n) is 9.81. The van der Waals surface area contributed by atoms with Crippen molar-refractivity contribution in [1.29, 1.82) is 0 Å². The van der Waals surface area contributed by atoms with Crippen LogP contribution in [0.1, 0.15) is 47.6 Å². The Morgan fingerprint density at radius 3 is 2.53 bits per heavy atom. The van der Waals surface area contributed by atoms with E-state index < -0.39 is 17.4 Å². The fourth-order valence-electron chi connectivity index (χ4n) is 7.32. The normalized spacial score (nSPS) is 18.4. The third-order valence-corrected chi connectivity index (χ3v) is 9.81. The van der Waals surface area contributed by atoms with Crippen LogP contribution < -0.4 is 15.8 Å². The van der Waals surface area contributed by atoms with Crippen LogP contribution in [0.3, 0.4) is 0 Å². The smallest absolute Gasteiger partial charge is 0.316 e. The van der Waals surface area contributed by atoms with Crippen LogP contribution in [0.15, 0.2) is 91.1 Å². The van der Waals surface area contributed by atoms with Gasteiger partial charge in [-0.3, -0.25) is 9.59 Å². The Hall–Kier alpha value is -4.94. The van der Waals surface area contributed by atoms with Gasteiger partial charge in [0.1, 0.15) is 11.5 Å². The van der Waals surface area contributed by atoms with Crippen LogP contribution in [0.2, 0.25) is 0 Å². The monoisotopic (exact) mass is 596 g/mol. The number of anilines is 1. The number of nitrogens with zero attached hydrogens (tertiary/aromatic N) is 1. The van der Waals surface area contributed by atoms with Crippen LogP contribution in [0.5, 0.6) is 0 Å². The topological polar surface area (TPSA) is 89.9 Å². The average molecular weight is 597 g/mol. The van der Waals surface area contributed by atoms with E-state index in [4.69, 9.17) is 0 Å². The van der Waals surface area contributed by atoms with Crippen molar-refractivity contribution in [3.05, 3.63) is 140 Å². The number of rotatable bonds is 6. The quantitative estimate of drug-likeness (QED) is 0.296. The lowest BCUT2D eigenvalue weighted by molar-refractivity contribution is -0.149. The van der Waals surface area contributed by atoms with Crippen molar-refractivity contribution in [2.24, 2.45) is 5.41 Å². The minimum Gasteiger partial charge on any atom is -0.481 e. The highest BCUT2D eigenvalue weighted by Crippen LogP contribution is 2.42. The van der Waals surface area contributed by atoms with E-state index in [-0.39, 0.29) is 19.1 Å². The number of benzene rings is 4. The highest BCUT2D eigenvalue weighted by atomic mass is 16.4. The van der Waals surface area contributed by atoms with Crippen molar-refractivity contribution in [3.8, 4) is 0 Å². The fraction of sp³-hybridized carbons (Fsp3) is 0.231. The Morgan fingerprint density at radius 2 is 1.73 bits per heavy atom. The van der Waals surface area contributed by atoms with Crippen molar-refractivity contribution in [2.75, 3.05) is 5.32 Å². The largest absolute Gasteiger partial charge is 0.481 e. The molecule has 6 heteroatoms. The Kier molecular flexibility index (Phi) is 7.38. The SMILES string of the molecule is CC(C(=O)O)(C1=c2ccc3c(c2CCC1)CC=c1ccccc1=3)C1Nc2cc(CO)ccc2CN(C=Cc2ccccc2)C1=O. The summed E-state index contributed by atoms with van der Waals surface area (Å²) in [5.41, 5.74) is 4.82. The van der Waals surface area contributed by atoms with Gasteiger partial charge in [0.25, 0.3) is 5.91 Å². The zero-order valence-corrected chi connectivity index (χ0v) is 25.3. The second-order valence-corrected chi connectivity index (χ2v) is 12.4. The summed E-state index contributed by atoms with van der Waals surface area (Å²) in [7, 11) is 0. The number of aliphatic carboxylic acids is 1. The van der Waals surface area contributed by atoms with Crippen LogP contribution >= 0.6 is 0 Å². The number of hydrogen-bond acceptors (Lipinski definition) is 4. The number of nitrogens with one attached hydrogen (secondary N) is 1. The van der Waals surface area contributed by atoms with Gasteiger partial charge in [-0.25, -0.2) is 0 Å². The van der Waals surface area contributed by atoms with E-state index in [2.05, 4.69) is 47.8 Å². The molecule has 6 nitrogen and oxygen atoms in total. The van der Waals surface area contributed by atoms with Gasteiger partial charge in [-0.2, -0.15) is 0 Å². The standard InChI is InChI=1S/C39H36N2O4/c1-39(38(44)45,34-13-7-12-30-32-17-16-27-10-5-6-11-29(27)31(32)18-19-33(30)34)36-37(43)41(21-20-25-8-3-2-4-9-25)23-28-15-14-26(24-42)22-35(28)40-36/h2-6,8-11,14-16,18-22,36,40,42H,7,12-13,17,23-24H2,1H3,(H,44,45). The number of carboxylic acid groups (broad SMARTS) is 1. The molecule has 1 amide bonds. The molecule has 45 heavy (non-hydrogen) atoms. The van der Waals surface area contributed by atoms with Gasteiger partial charge in [-0.1, -0.05) is 84.9 Å². The molecule has 3 N–H and O–H groups in total. The molecule has 0 radical (unpaired) electrons. The third kappa shape index (κ3) is 4.95. The molecule has 7 rings (SSSR count). The van der Waals surface area contributed by atoms with E-state index >= 15 is 0 Å². The molecule has 0 saturated carbocycles. The van der Waals surface area contributed by atoms with E-state index in [0.29, 0.717) is 17.7 Å². The van der Waals surface area contributed by atoms with Gasteiger partial charge in [-0.15, -0.1) is 0 Å². The molecule has 1 heterocycles. The number of carbonyl (C=O) groups excluding carboxylic acids is 1. The number of carbonyl (C=O) groups is 2. The number of aliphatic hydroxyl groups is 1. The molecular formula is C39H36N2O4. The van der Waals surface area contributed by atoms with Crippen LogP contribution in [-0.4, -0.2) is 33.0 Å². The van der Waals surface area contributed by atoms with Gasteiger partial charge in [0, 0.05) is 11.9 Å². The van der Waals surface area contributed by atoms with Gasteiger partial charge in [0.15, 0.2) is 0 Å². The second kappa shape index (κ2) is 11.5. The summed E-state index contributed by atoms with van der Waals surface area (Å²) in [4.78, 5) is 29.7. The molecule has 2 aliphatic carbocycles. The van der Waals surface area contributed by atoms with Crippen LogP contribution in [0.4, 0.5) is 5.69 Å². The summed E-state index contributed by atoms with van der Waals surface area (Å²) in [6.07, 6.45) is 8.95. The molecule has 226 valence electrons. The molecule has 0 fully saturated rings. The van der Waals surface area contributed by atoms with Crippen molar-refractivity contribution in [3.63, 3.8) is 0 Å². The first-order valence-corrected chi connectivity index (χ1v) is 15.6. The summed E-state index contributed by atoms with van der Waals surface area (Å²) < 4.78 is 0. The summed E-state index contributed by atoms with van der Waals surface area (Å²) in [6, 6.07) is 26.8. The van der Waals surface area contributed by atoms with Crippen molar-refractivity contribution < 1.29 is 19.8 Å². The summed E-state index contributed by atoms with van der Waals surface area (Å²) in [6.45, 7) is 1.82. The highest BCUT2D eigenvalue weighted by Gasteiger charge is 2.51. The summed E-state index contributed by atoms with van der Waals surface area (Å²) in [5, 5.41) is 29.0. The predicted molar refractivity (Wildman–Crippen MR) is 176 cm³/mol.